The first-order valence-corrected chi connectivity index (χ1v) is 14.6. The second-order valence-corrected chi connectivity index (χ2v) is 11.3. The van der Waals surface area contributed by atoms with Crippen molar-refractivity contribution in [1.29, 1.82) is 0 Å². The Bertz CT molecular complexity index is 1470. The number of ether oxygens (including phenoxy) is 1. The number of amides is 1. The molecule has 1 amide bonds. The second-order valence-electron chi connectivity index (χ2n) is 11.3. The first-order valence-electron chi connectivity index (χ1n) is 14.6. The van der Waals surface area contributed by atoms with Crippen LogP contribution in [0, 0.1) is 5.82 Å². The van der Waals surface area contributed by atoms with Crippen molar-refractivity contribution in [2.45, 2.75) is 52.1 Å². The third kappa shape index (κ3) is 5.40. The molecule has 0 aliphatic carbocycles. The Balaban J connectivity index is 1.48. The molecular weight excluding hydrogens is 533 g/mol. The van der Waals surface area contributed by atoms with Crippen molar-refractivity contribution in [1.82, 2.24) is 14.7 Å². The maximum atomic E-state index is 16.1. The van der Waals surface area contributed by atoms with Gasteiger partial charge in [0.15, 0.2) is 5.82 Å². The third-order valence-corrected chi connectivity index (χ3v) is 8.69. The molecular formula is C33H40FN5O3. The molecule has 0 spiro atoms. The molecule has 0 N–H and O–H groups in total. The highest BCUT2D eigenvalue weighted by Gasteiger charge is 2.33. The Morgan fingerprint density at radius 2 is 1.98 bits per heavy atom. The number of hydrogen-bond donors (Lipinski definition) is 0. The topological polar surface area (TPSA) is 68.7 Å². The van der Waals surface area contributed by atoms with Crippen molar-refractivity contribution in [2.24, 2.45) is 4.99 Å². The summed E-state index contributed by atoms with van der Waals surface area (Å²) in [7, 11) is 5.02. The molecule has 1 fully saturated rings. The fraction of sp³-hybridized carbons (Fsp3) is 0.424. The average Bonchev–Trinajstić information content (AvgIpc) is 3.36. The van der Waals surface area contributed by atoms with Gasteiger partial charge >= 0.3 is 5.97 Å². The molecule has 4 heterocycles. The number of nitrogens with zero attached hydrogens (tertiary/aromatic N) is 5. The number of likely N-dealkylation sites (N-methyl/N-ethyl adjacent to an activating group) is 1. The maximum Gasteiger partial charge on any atom is 0.335 e. The van der Waals surface area contributed by atoms with Crippen molar-refractivity contribution >= 4 is 34.9 Å². The molecule has 0 saturated carbocycles. The molecule has 2 atom stereocenters. The van der Waals surface area contributed by atoms with Crippen LogP contribution in [0.25, 0.3) is 11.6 Å². The zero-order valence-electron chi connectivity index (χ0n) is 25.4. The molecule has 0 bridgehead atoms. The van der Waals surface area contributed by atoms with E-state index in [4.69, 9.17) is 9.73 Å². The first kappa shape index (κ1) is 29.4. The van der Waals surface area contributed by atoms with Crippen LogP contribution in [0.15, 0.2) is 64.7 Å². The van der Waals surface area contributed by atoms with Gasteiger partial charge in [-0.05, 0) is 63.1 Å². The molecule has 5 rings (SSSR count). The number of rotatable bonds is 5. The lowest BCUT2D eigenvalue weighted by molar-refractivity contribution is -0.136. The Morgan fingerprint density at radius 3 is 2.69 bits per heavy atom. The van der Waals surface area contributed by atoms with E-state index >= 15 is 4.39 Å². The maximum absolute atomic E-state index is 16.1. The van der Waals surface area contributed by atoms with E-state index in [-0.39, 0.29) is 24.3 Å². The minimum atomic E-state index is -0.425. The SMILES string of the molecule is C/C=C(\C=C1\N=C(C(=O)N2CCN3C=CCC3CC2C)C=C(CC)N1C)c1ccc2c(c1F)N(C)CC(C(=O)OC)=C2. The molecule has 1 saturated heterocycles. The normalized spacial score (nSPS) is 23.3. The molecule has 222 valence electrons. The summed E-state index contributed by atoms with van der Waals surface area (Å²) in [4.78, 5) is 38.8. The fourth-order valence-electron chi connectivity index (χ4n) is 6.31. The third-order valence-electron chi connectivity index (χ3n) is 8.69. The van der Waals surface area contributed by atoms with Crippen molar-refractivity contribution in [3.05, 3.63) is 76.7 Å². The lowest BCUT2D eigenvalue weighted by Gasteiger charge is -2.31. The quantitative estimate of drug-likeness (QED) is 0.464. The Kier molecular flexibility index (Phi) is 8.38. The van der Waals surface area contributed by atoms with E-state index in [1.807, 2.05) is 55.0 Å². The van der Waals surface area contributed by atoms with Gasteiger partial charge in [-0.1, -0.05) is 31.2 Å². The molecule has 4 aliphatic heterocycles. The summed E-state index contributed by atoms with van der Waals surface area (Å²) in [5, 5.41) is 0. The Hall–Kier alpha value is -4.14. The van der Waals surface area contributed by atoms with E-state index in [2.05, 4.69) is 24.1 Å². The highest BCUT2D eigenvalue weighted by atomic mass is 19.1. The number of benzene rings is 1. The van der Waals surface area contributed by atoms with Crippen LogP contribution in [-0.2, 0) is 14.3 Å². The Morgan fingerprint density at radius 1 is 1.19 bits per heavy atom. The fourth-order valence-corrected chi connectivity index (χ4v) is 6.31. The number of halogens is 1. The van der Waals surface area contributed by atoms with Crippen LogP contribution in [0.2, 0.25) is 0 Å². The summed E-state index contributed by atoms with van der Waals surface area (Å²) in [5.74, 6) is -0.298. The van der Waals surface area contributed by atoms with Gasteiger partial charge in [-0.2, -0.15) is 0 Å². The van der Waals surface area contributed by atoms with E-state index < -0.39 is 5.97 Å². The second kappa shape index (κ2) is 12.0. The van der Waals surface area contributed by atoms with Gasteiger partial charge < -0.3 is 24.3 Å². The lowest BCUT2D eigenvalue weighted by Crippen LogP contribution is -2.44. The number of aliphatic imine (C=N–C) groups is 1. The van der Waals surface area contributed by atoms with E-state index in [0.29, 0.717) is 58.5 Å². The molecule has 1 aromatic rings. The molecule has 2 unspecified atom stereocenters. The van der Waals surface area contributed by atoms with Crippen LogP contribution < -0.4 is 4.90 Å². The van der Waals surface area contributed by atoms with Gasteiger partial charge in [-0.25, -0.2) is 14.2 Å². The summed E-state index contributed by atoms with van der Waals surface area (Å²) in [6.07, 6.45) is 14.3. The number of esters is 1. The number of anilines is 1. The summed E-state index contributed by atoms with van der Waals surface area (Å²) in [6, 6.07) is 4.08. The highest BCUT2D eigenvalue weighted by Crippen LogP contribution is 2.36. The van der Waals surface area contributed by atoms with Crippen LogP contribution in [0.3, 0.4) is 0 Å². The van der Waals surface area contributed by atoms with Crippen molar-refractivity contribution in [3.8, 4) is 0 Å². The molecule has 0 aromatic heterocycles. The van der Waals surface area contributed by atoms with Gasteiger partial charge in [-0.15, -0.1) is 0 Å². The van der Waals surface area contributed by atoms with Gasteiger partial charge in [0.05, 0.1) is 18.4 Å². The molecule has 4 aliphatic rings. The zero-order valence-corrected chi connectivity index (χ0v) is 25.4. The van der Waals surface area contributed by atoms with Gasteiger partial charge in [-0.3, -0.25) is 4.79 Å². The predicted octanol–water partition coefficient (Wildman–Crippen LogP) is 4.97. The molecule has 42 heavy (non-hydrogen) atoms. The van der Waals surface area contributed by atoms with E-state index in [0.717, 1.165) is 25.1 Å². The minimum absolute atomic E-state index is 0.0746. The van der Waals surface area contributed by atoms with Crippen molar-refractivity contribution in [2.75, 3.05) is 45.7 Å². The van der Waals surface area contributed by atoms with E-state index in [1.165, 1.54) is 7.11 Å². The number of fused-ring (bicyclic) bond motifs is 2. The van der Waals surface area contributed by atoms with Crippen molar-refractivity contribution < 1.29 is 18.7 Å². The van der Waals surface area contributed by atoms with E-state index in [1.54, 1.807) is 24.1 Å². The monoisotopic (exact) mass is 573 g/mol. The van der Waals surface area contributed by atoms with Crippen LogP contribution >= 0.6 is 0 Å². The molecule has 8 nitrogen and oxygen atoms in total. The highest BCUT2D eigenvalue weighted by molar-refractivity contribution is 6.43. The summed E-state index contributed by atoms with van der Waals surface area (Å²) >= 11 is 0. The van der Waals surface area contributed by atoms with Gasteiger partial charge in [0.1, 0.15) is 11.5 Å². The van der Waals surface area contributed by atoms with Crippen LogP contribution in [0.5, 0.6) is 0 Å². The van der Waals surface area contributed by atoms with Crippen LogP contribution in [0.1, 0.15) is 51.2 Å². The molecule has 0 radical (unpaired) electrons. The molecule has 1 aromatic carbocycles. The smallest absolute Gasteiger partial charge is 0.335 e. The average molecular weight is 574 g/mol. The summed E-state index contributed by atoms with van der Waals surface area (Å²) in [5.41, 5.74) is 3.95. The number of hydrogen-bond acceptors (Lipinski definition) is 7. The van der Waals surface area contributed by atoms with Crippen LogP contribution in [-0.4, -0.2) is 85.2 Å². The number of methoxy groups -OCH3 is 1. The lowest BCUT2D eigenvalue weighted by atomic mass is 9.96. The number of carbonyl (C=O) groups excluding carboxylic acids is 2. The van der Waals surface area contributed by atoms with Gasteiger partial charge in [0.25, 0.3) is 5.91 Å². The van der Waals surface area contributed by atoms with E-state index in [9.17, 15) is 9.59 Å². The van der Waals surface area contributed by atoms with Crippen molar-refractivity contribution in [3.63, 3.8) is 0 Å². The van der Waals surface area contributed by atoms with Gasteiger partial charge in [0.2, 0.25) is 0 Å². The van der Waals surface area contributed by atoms with Gasteiger partial charge in [0, 0.05) is 62.6 Å². The first-order chi connectivity index (χ1) is 20.2. The Labute approximate surface area is 247 Å². The van der Waals surface area contributed by atoms with Crippen LogP contribution in [0.4, 0.5) is 10.1 Å². The number of allylic oxidation sites excluding steroid dienone is 4. The number of carbonyl (C=O) groups is 2. The summed E-state index contributed by atoms with van der Waals surface area (Å²) < 4.78 is 21.0. The largest absolute Gasteiger partial charge is 0.466 e. The predicted molar refractivity (Wildman–Crippen MR) is 165 cm³/mol. The summed E-state index contributed by atoms with van der Waals surface area (Å²) in [6.45, 7) is 7.73. The molecule has 9 heteroatoms. The minimum Gasteiger partial charge on any atom is -0.466 e. The standard InChI is InChI=1S/C33H40FN5O3/c1-7-22(27-12-11-23-17-24(33(41)42-6)20-36(4)31(23)30(27)34)18-29-35-28(19-25(8-2)37(29)5)32(40)39-15-14-38-13-9-10-26(38)16-21(39)3/h7,9,11-13,17-19,21,26H,8,10,14-16,20H2,1-6H3/b22-7+,29-18-. The zero-order chi connectivity index (χ0) is 30.1.